The number of nitrogens with one attached hydrogen (secondary N) is 1. The zero-order valence-electron chi connectivity index (χ0n) is 15.1. The van der Waals surface area contributed by atoms with Gasteiger partial charge in [-0.15, -0.1) is 0 Å². The molecular weight excluding hydrogens is 332 g/mol. The first-order valence-electron chi connectivity index (χ1n) is 8.62. The van der Waals surface area contributed by atoms with E-state index in [9.17, 15) is 9.59 Å². The molecule has 2 rings (SSSR count). The number of nitrogens with zero attached hydrogens (tertiary/aromatic N) is 1. The molecule has 1 aromatic heterocycles. The third-order valence-corrected chi connectivity index (χ3v) is 3.98. The third-order valence-electron chi connectivity index (χ3n) is 3.98. The van der Waals surface area contributed by atoms with E-state index in [1.54, 1.807) is 23.9 Å². The van der Waals surface area contributed by atoms with Gasteiger partial charge in [-0.1, -0.05) is 37.3 Å². The van der Waals surface area contributed by atoms with Crippen LogP contribution in [0, 0.1) is 5.92 Å². The third kappa shape index (κ3) is 6.55. The van der Waals surface area contributed by atoms with Crippen LogP contribution in [0.5, 0.6) is 0 Å². The molecule has 26 heavy (non-hydrogen) atoms. The first-order chi connectivity index (χ1) is 12.4. The van der Waals surface area contributed by atoms with Crippen molar-refractivity contribution in [2.45, 2.75) is 39.5 Å². The van der Waals surface area contributed by atoms with Crippen molar-refractivity contribution in [1.29, 1.82) is 0 Å². The maximum atomic E-state index is 11.9. The largest absolute Gasteiger partial charge is 0.481 e. The number of carboxylic acids is 1. The molecule has 0 unspecified atom stereocenters. The van der Waals surface area contributed by atoms with E-state index < -0.39 is 18.0 Å². The van der Waals surface area contributed by atoms with Gasteiger partial charge < -0.3 is 15.2 Å². The molecule has 0 spiro atoms. The fourth-order valence-electron chi connectivity index (χ4n) is 2.61. The number of aliphatic carboxylic acids is 1. The van der Waals surface area contributed by atoms with E-state index in [0.717, 1.165) is 17.5 Å². The molecule has 138 valence electrons. The van der Waals surface area contributed by atoms with Gasteiger partial charge in [-0.05, 0) is 31.4 Å². The highest BCUT2D eigenvalue weighted by Gasteiger charge is 2.15. The molecule has 0 bridgehead atoms. The lowest BCUT2D eigenvalue weighted by Crippen LogP contribution is -2.40. The van der Waals surface area contributed by atoms with Crippen LogP contribution in [0.15, 0.2) is 54.9 Å². The topological polar surface area (TPSA) is 79.5 Å². The molecule has 0 saturated heterocycles. The minimum Gasteiger partial charge on any atom is -0.481 e. The van der Waals surface area contributed by atoms with Gasteiger partial charge in [0, 0.05) is 17.7 Å². The van der Waals surface area contributed by atoms with E-state index in [0.29, 0.717) is 6.42 Å². The molecule has 2 N–H and O–H groups in total. The number of carbonyl (C=O) groups excluding carboxylic acids is 1. The number of aromatic nitrogens is 1. The summed E-state index contributed by atoms with van der Waals surface area (Å²) in [4.78, 5) is 22.9. The van der Waals surface area contributed by atoms with Gasteiger partial charge >= 0.3 is 12.1 Å². The van der Waals surface area contributed by atoms with Gasteiger partial charge in [0.05, 0.1) is 5.92 Å². The summed E-state index contributed by atoms with van der Waals surface area (Å²) in [7, 11) is 0. The van der Waals surface area contributed by atoms with Crippen molar-refractivity contribution in [2.24, 2.45) is 5.92 Å². The zero-order chi connectivity index (χ0) is 18.9. The summed E-state index contributed by atoms with van der Waals surface area (Å²) in [5.41, 5.74) is 2.03. The second kappa shape index (κ2) is 9.56. The van der Waals surface area contributed by atoms with Crippen molar-refractivity contribution in [1.82, 2.24) is 5.32 Å². The van der Waals surface area contributed by atoms with Gasteiger partial charge in [-0.25, -0.2) is 4.79 Å². The van der Waals surface area contributed by atoms with Crippen LogP contribution in [0.3, 0.4) is 0 Å². The Morgan fingerprint density at radius 3 is 2.46 bits per heavy atom. The van der Waals surface area contributed by atoms with Crippen molar-refractivity contribution in [3.05, 3.63) is 66.0 Å². The number of ether oxygens (including phenoxy) is 1. The Balaban J connectivity index is 1.80. The van der Waals surface area contributed by atoms with E-state index in [2.05, 4.69) is 5.32 Å². The molecule has 0 aliphatic heterocycles. The van der Waals surface area contributed by atoms with Gasteiger partial charge in [-0.3, -0.25) is 4.79 Å². The number of rotatable bonds is 8. The molecule has 0 aliphatic carbocycles. The highest BCUT2D eigenvalue weighted by molar-refractivity contribution is 5.69. The standard InChI is InChI=1S/C20H24N2O4/c1-15(19(23)24)11-18-9-6-10-22(13-18)14-26-20(25)21-16(2)12-17-7-4-3-5-8-17/h3-10,13,15-16H,11-12,14H2,1-2H3,(H-,21,23,24,25)/p+1/t15-,16-/m0/s1. The van der Waals surface area contributed by atoms with Crippen molar-refractivity contribution in [2.75, 3.05) is 0 Å². The molecule has 1 aromatic carbocycles. The van der Waals surface area contributed by atoms with Crippen molar-refractivity contribution in [3.63, 3.8) is 0 Å². The van der Waals surface area contributed by atoms with Crippen molar-refractivity contribution >= 4 is 12.1 Å². The molecular formula is C20H25N2O4+. The Hall–Kier alpha value is -2.89. The number of carbonyl (C=O) groups is 2. The maximum Gasteiger partial charge on any atom is 0.412 e. The Labute approximate surface area is 153 Å². The summed E-state index contributed by atoms with van der Waals surface area (Å²) < 4.78 is 6.95. The summed E-state index contributed by atoms with van der Waals surface area (Å²) in [5, 5.41) is 11.8. The molecule has 1 heterocycles. The SMILES string of the molecule is C[C@@H](Cc1ccccc1)NC(=O)OC[n+]1cccc(C[C@H](C)C(=O)O)c1. The molecule has 0 fully saturated rings. The van der Waals surface area contributed by atoms with E-state index in [4.69, 9.17) is 9.84 Å². The number of hydrogen-bond acceptors (Lipinski definition) is 3. The second-order valence-electron chi connectivity index (χ2n) is 6.47. The quantitative estimate of drug-likeness (QED) is 0.712. The monoisotopic (exact) mass is 357 g/mol. The van der Waals surface area contributed by atoms with Crippen molar-refractivity contribution in [3.8, 4) is 0 Å². The lowest BCUT2D eigenvalue weighted by molar-refractivity contribution is -0.727. The average Bonchev–Trinajstić information content (AvgIpc) is 2.61. The molecule has 2 atom stereocenters. The fourth-order valence-corrected chi connectivity index (χ4v) is 2.61. The molecule has 6 nitrogen and oxygen atoms in total. The molecule has 2 aromatic rings. The van der Waals surface area contributed by atoms with Crippen LogP contribution in [-0.4, -0.2) is 23.2 Å². The van der Waals surface area contributed by atoms with E-state index in [1.807, 2.05) is 49.4 Å². The lowest BCUT2D eigenvalue weighted by atomic mass is 10.0. The zero-order valence-corrected chi connectivity index (χ0v) is 15.1. The van der Waals surface area contributed by atoms with E-state index in [-0.39, 0.29) is 12.8 Å². The lowest BCUT2D eigenvalue weighted by Gasteiger charge is -2.13. The highest BCUT2D eigenvalue weighted by Crippen LogP contribution is 2.06. The minimum absolute atomic E-state index is 0.0438. The minimum atomic E-state index is -0.830. The van der Waals surface area contributed by atoms with Crippen LogP contribution in [0.25, 0.3) is 0 Å². The van der Waals surface area contributed by atoms with Gasteiger partial charge in [0.25, 0.3) is 6.73 Å². The number of carboxylic acid groups (broad SMARTS) is 1. The van der Waals surface area contributed by atoms with E-state index in [1.165, 1.54) is 0 Å². The van der Waals surface area contributed by atoms with Crippen LogP contribution in [0.4, 0.5) is 4.79 Å². The molecule has 0 aliphatic rings. The molecule has 0 radical (unpaired) electrons. The smallest absolute Gasteiger partial charge is 0.412 e. The van der Waals surface area contributed by atoms with Crippen LogP contribution in [0.1, 0.15) is 25.0 Å². The van der Waals surface area contributed by atoms with Crippen LogP contribution >= 0.6 is 0 Å². The summed E-state index contributed by atoms with van der Waals surface area (Å²) in [6, 6.07) is 13.5. The normalized spacial score (nSPS) is 12.8. The molecule has 6 heteroatoms. The van der Waals surface area contributed by atoms with Gasteiger partial charge in [0.2, 0.25) is 0 Å². The summed E-state index contributed by atoms with van der Waals surface area (Å²) >= 11 is 0. The van der Waals surface area contributed by atoms with Crippen LogP contribution in [0.2, 0.25) is 0 Å². The summed E-state index contributed by atoms with van der Waals surface area (Å²) in [6.45, 7) is 3.66. The first kappa shape index (κ1) is 19.4. The Kier molecular flexibility index (Phi) is 7.14. The number of alkyl carbamates (subject to hydrolysis) is 1. The van der Waals surface area contributed by atoms with E-state index >= 15 is 0 Å². The first-order valence-corrected chi connectivity index (χ1v) is 8.62. The number of pyridine rings is 1. The Morgan fingerprint density at radius 2 is 1.77 bits per heavy atom. The summed E-state index contributed by atoms with van der Waals surface area (Å²) in [5.74, 6) is -1.29. The van der Waals surface area contributed by atoms with Gasteiger partial charge in [0.15, 0.2) is 12.4 Å². The highest BCUT2D eigenvalue weighted by atomic mass is 16.6. The second-order valence-corrected chi connectivity index (χ2v) is 6.47. The van der Waals surface area contributed by atoms with Crippen LogP contribution < -0.4 is 9.88 Å². The predicted molar refractivity (Wildman–Crippen MR) is 96.4 cm³/mol. The maximum absolute atomic E-state index is 11.9. The predicted octanol–water partition coefficient (Wildman–Crippen LogP) is 2.55. The molecule has 1 amide bonds. The average molecular weight is 357 g/mol. The molecule has 0 saturated carbocycles. The summed E-state index contributed by atoms with van der Waals surface area (Å²) in [6.07, 6.45) is 4.24. The Morgan fingerprint density at radius 1 is 1.08 bits per heavy atom. The fraction of sp³-hybridized carbons (Fsp3) is 0.350. The van der Waals surface area contributed by atoms with Crippen molar-refractivity contribution < 1.29 is 24.0 Å². The number of hydrogen-bond donors (Lipinski definition) is 2. The van der Waals surface area contributed by atoms with Crippen LogP contribution in [-0.2, 0) is 29.1 Å². The van der Waals surface area contributed by atoms with Gasteiger partial charge in [-0.2, -0.15) is 4.57 Å². The van der Waals surface area contributed by atoms with Gasteiger partial charge in [0.1, 0.15) is 0 Å². The number of amides is 1. The Bertz CT molecular complexity index is 734. The number of benzene rings is 1.